The highest BCUT2D eigenvalue weighted by Crippen LogP contribution is 2.61. The lowest BCUT2D eigenvalue weighted by Crippen LogP contribution is -2.71. The third kappa shape index (κ3) is 4.28. The quantitative estimate of drug-likeness (QED) is 0.365. The predicted octanol–water partition coefficient (Wildman–Crippen LogP) is 2.28. The molecule has 4 N–H and O–H groups in total. The largest absolute Gasteiger partial charge is 0.394 e. The maximum atomic E-state index is 13.4. The average molecular weight is 450 g/mol. The first kappa shape index (κ1) is 27.0. The zero-order chi connectivity index (χ0) is 23.0. The summed E-state index contributed by atoms with van der Waals surface area (Å²) in [6.07, 6.45) is -11.3. The molecule has 0 aliphatic heterocycles. The first-order chi connectivity index (χ1) is 12.2. The van der Waals surface area contributed by atoms with Crippen LogP contribution in [0, 0.1) is 0 Å². The second kappa shape index (κ2) is 8.02. The van der Waals surface area contributed by atoms with Gasteiger partial charge in [0.2, 0.25) is 0 Å². The van der Waals surface area contributed by atoms with Gasteiger partial charge in [-0.15, -0.1) is 0 Å². The second-order valence-electron chi connectivity index (χ2n) is 5.79. The number of alkyl halides is 12. The van der Waals surface area contributed by atoms with E-state index in [1.54, 1.807) is 0 Å². The van der Waals surface area contributed by atoms with Crippen LogP contribution in [0.2, 0.25) is 0 Å². The van der Waals surface area contributed by atoms with E-state index in [1.165, 1.54) is 0 Å². The van der Waals surface area contributed by atoms with Crippen molar-refractivity contribution in [1.82, 2.24) is 0 Å². The number of aliphatic hydroxyl groups is 4. The Hall–Kier alpha value is -1.00. The van der Waals surface area contributed by atoms with E-state index in [1.807, 2.05) is 0 Å². The third-order valence-electron chi connectivity index (χ3n) is 3.51. The van der Waals surface area contributed by atoms with Crippen LogP contribution in [-0.4, -0.2) is 81.4 Å². The molecule has 170 valence electrons. The Morgan fingerprint density at radius 2 is 0.679 bits per heavy atom. The first-order valence-corrected chi connectivity index (χ1v) is 7.01. The van der Waals surface area contributed by atoms with E-state index in [4.69, 9.17) is 20.4 Å². The minimum atomic E-state index is -7.80. The van der Waals surface area contributed by atoms with Gasteiger partial charge >= 0.3 is 35.5 Å². The molecule has 0 fully saturated rings. The van der Waals surface area contributed by atoms with E-state index in [2.05, 4.69) is 0 Å². The Morgan fingerprint density at radius 1 is 0.464 bits per heavy atom. The van der Waals surface area contributed by atoms with Gasteiger partial charge in [0.1, 0.15) is 0 Å². The van der Waals surface area contributed by atoms with Gasteiger partial charge in [-0.1, -0.05) is 0 Å². The van der Waals surface area contributed by atoms with Gasteiger partial charge in [-0.25, -0.2) is 0 Å². The molecule has 4 nitrogen and oxygen atoms in total. The van der Waals surface area contributed by atoms with Crippen molar-refractivity contribution in [1.29, 1.82) is 0 Å². The first-order valence-electron chi connectivity index (χ1n) is 7.01. The Balaban J connectivity index is 6.20. The number of aliphatic hydroxyl groups excluding tert-OH is 4. The highest BCUT2D eigenvalue weighted by atomic mass is 19.4. The molecule has 2 atom stereocenters. The summed E-state index contributed by atoms with van der Waals surface area (Å²) in [4.78, 5) is 0. The summed E-state index contributed by atoms with van der Waals surface area (Å²) in [7, 11) is 0. The van der Waals surface area contributed by atoms with Gasteiger partial charge < -0.3 is 20.4 Å². The number of hydrogen-bond donors (Lipinski definition) is 4. The molecule has 0 rings (SSSR count). The Bertz CT molecular complexity index is 479. The number of rotatable bonds is 11. The topological polar surface area (TPSA) is 80.9 Å². The Labute approximate surface area is 148 Å². The van der Waals surface area contributed by atoms with Crippen molar-refractivity contribution in [3.8, 4) is 0 Å². The smallest absolute Gasteiger partial charge is 0.384 e. The SMILES string of the molecule is OCC(O)CC(F)(F)C(F)(F)C(F)(F)C(F)(F)C(F)(F)C(F)(F)CC(O)CO. The molecule has 0 spiro atoms. The summed E-state index contributed by atoms with van der Waals surface area (Å²) in [6, 6.07) is 0. The van der Waals surface area contributed by atoms with Crippen molar-refractivity contribution in [2.24, 2.45) is 0 Å². The molecule has 0 aromatic rings. The fourth-order valence-corrected chi connectivity index (χ4v) is 1.83. The lowest BCUT2D eigenvalue weighted by Gasteiger charge is -2.41. The number of halogens is 12. The minimum Gasteiger partial charge on any atom is -0.394 e. The lowest BCUT2D eigenvalue weighted by atomic mass is 9.88. The summed E-state index contributed by atoms with van der Waals surface area (Å²) in [5, 5.41) is 33.7. The zero-order valence-corrected chi connectivity index (χ0v) is 13.3. The molecule has 0 heterocycles. The molecular weight excluding hydrogens is 436 g/mol. The fraction of sp³-hybridized carbons (Fsp3) is 1.00. The number of hydrogen-bond acceptors (Lipinski definition) is 4. The maximum absolute atomic E-state index is 13.4. The van der Waals surface area contributed by atoms with Crippen molar-refractivity contribution in [2.45, 2.75) is 60.6 Å². The lowest BCUT2D eigenvalue weighted by molar-refractivity contribution is -0.427. The monoisotopic (exact) mass is 450 g/mol. The van der Waals surface area contributed by atoms with E-state index in [-0.39, 0.29) is 0 Å². The molecule has 0 aromatic heterocycles. The molecule has 0 saturated carbocycles. The molecule has 0 saturated heterocycles. The van der Waals surface area contributed by atoms with Gasteiger partial charge in [-0.05, 0) is 0 Å². The van der Waals surface area contributed by atoms with Crippen LogP contribution in [0.4, 0.5) is 52.7 Å². The molecule has 28 heavy (non-hydrogen) atoms. The van der Waals surface area contributed by atoms with Crippen molar-refractivity contribution in [3.05, 3.63) is 0 Å². The summed E-state index contributed by atoms with van der Waals surface area (Å²) < 4.78 is 160. The molecule has 16 heteroatoms. The highest BCUT2D eigenvalue weighted by Gasteiger charge is 2.89. The molecule has 0 aliphatic carbocycles. The van der Waals surface area contributed by atoms with Crippen LogP contribution in [0.15, 0.2) is 0 Å². The summed E-state index contributed by atoms with van der Waals surface area (Å²) >= 11 is 0. The summed E-state index contributed by atoms with van der Waals surface area (Å²) in [5.74, 6) is -43.1. The molecule has 0 amide bonds. The predicted molar refractivity (Wildman–Crippen MR) is 65.1 cm³/mol. The maximum Gasteiger partial charge on any atom is 0.384 e. The molecule has 2 unspecified atom stereocenters. The van der Waals surface area contributed by atoms with Crippen LogP contribution in [0.1, 0.15) is 12.8 Å². The van der Waals surface area contributed by atoms with Crippen LogP contribution in [0.3, 0.4) is 0 Å². The molecule has 0 aromatic carbocycles. The Morgan fingerprint density at radius 3 is 0.857 bits per heavy atom. The summed E-state index contributed by atoms with van der Waals surface area (Å²) in [6.45, 7) is -3.47. The van der Waals surface area contributed by atoms with E-state index in [0.29, 0.717) is 0 Å². The van der Waals surface area contributed by atoms with Crippen molar-refractivity contribution in [3.63, 3.8) is 0 Å². The van der Waals surface area contributed by atoms with Gasteiger partial charge in [-0.2, -0.15) is 52.7 Å². The van der Waals surface area contributed by atoms with Crippen LogP contribution < -0.4 is 0 Å². The van der Waals surface area contributed by atoms with Crippen LogP contribution >= 0.6 is 0 Å². The fourth-order valence-electron chi connectivity index (χ4n) is 1.83. The van der Waals surface area contributed by atoms with Crippen molar-refractivity contribution < 1.29 is 73.1 Å². The van der Waals surface area contributed by atoms with Gasteiger partial charge in [-0.3, -0.25) is 0 Å². The highest BCUT2D eigenvalue weighted by molar-refractivity contribution is 5.12. The van der Waals surface area contributed by atoms with E-state index >= 15 is 0 Å². The van der Waals surface area contributed by atoms with Gasteiger partial charge in [0.05, 0.1) is 25.4 Å². The molecular formula is C12H14F12O4. The molecule has 0 aliphatic rings. The molecule has 0 bridgehead atoms. The third-order valence-corrected chi connectivity index (χ3v) is 3.51. The van der Waals surface area contributed by atoms with Crippen molar-refractivity contribution in [2.75, 3.05) is 13.2 Å². The van der Waals surface area contributed by atoms with Crippen LogP contribution in [0.25, 0.3) is 0 Å². The van der Waals surface area contributed by atoms with Gasteiger partial charge in [0.15, 0.2) is 0 Å². The van der Waals surface area contributed by atoms with E-state index < -0.39 is 73.8 Å². The normalized spacial score (nSPS) is 17.6. The van der Waals surface area contributed by atoms with E-state index in [9.17, 15) is 52.7 Å². The standard InChI is InChI=1S/C12H14F12O4/c13-7(14,1-5(27)3-25)9(17,18)11(21,22)12(23,24)10(19,20)8(15,16)2-6(28)4-26/h5-6,25-28H,1-4H2. The second-order valence-corrected chi connectivity index (χ2v) is 5.79. The van der Waals surface area contributed by atoms with Crippen LogP contribution in [-0.2, 0) is 0 Å². The summed E-state index contributed by atoms with van der Waals surface area (Å²) in [5.41, 5.74) is 0. The molecule has 0 radical (unpaired) electrons. The minimum absolute atomic E-state index is 1.74. The zero-order valence-electron chi connectivity index (χ0n) is 13.3. The Kier molecular flexibility index (Phi) is 7.74. The van der Waals surface area contributed by atoms with E-state index in [0.717, 1.165) is 0 Å². The van der Waals surface area contributed by atoms with Crippen LogP contribution in [0.5, 0.6) is 0 Å². The van der Waals surface area contributed by atoms with Crippen molar-refractivity contribution >= 4 is 0 Å². The average Bonchev–Trinajstić information content (AvgIpc) is 2.52. The van der Waals surface area contributed by atoms with Gasteiger partial charge in [0, 0.05) is 12.8 Å². The van der Waals surface area contributed by atoms with Gasteiger partial charge in [0.25, 0.3) is 0 Å².